The Morgan fingerprint density at radius 2 is 1.48 bits per heavy atom. The summed E-state index contributed by atoms with van der Waals surface area (Å²) in [5, 5.41) is 46.9. The Morgan fingerprint density at radius 3 is 2.02 bits per heavy atom. The lowest BCUT2D eigenvalue weighted by Gasteiger charge is -2.10. The molecule has 0 fully saturated rings. The van der Waals surface area contributed by atoms with Crippen LogP contribution >= 0.6 is 58.8 Å². The predicted molar refractivity (Wildman–Crippen MR) is 200 cm³/mol. The lowest BCUT2D eigenvalue weighted by Crippen LogP contribution is -2.06. The van der Waals surface area contributed by atoms with E-state index >= 15 is 0 Å². The van der Waals surface area contributed by atoms with Gasteiger partial charge in [0.1, 0.15) is 10.6 Å². The minimum absolute atomic E-state index is 0.0427. The van der Waals surface area contributed by atoms with Crippen molar-refractivity contribution in [3.8, 4) is 11.6 Å². The normalized spacial score (nSPS) is 12.4. The highest BCUT2D eigenvalue weighted by Crippen LogP contribution is 2.40. The van der Waals surface area contributed by atoms with Gasteiger partial charge < -0.3 is 15.5 Å². The number of carbonyl (C=O) groups is 1. The van der Waals surface area contributed by atoms with Crippen molar-refractivity contribution in [3.63, 3.8) is 0 Å². The minimum Gasteiger partial charge on any atom is -0.492 e. The van der Waals surface area contributed by atoms with Gasteiger partial charge in [0.2, 0.25) is 17.5 Å². The SMILES string of the molecule is O=C(O)c1nn(-c2cc(Cl)c(S(=O)(=O)O)cc2Cl)c(O)c1/N=N/c1cc(Nc2nc(SCCCS(=O)(=O)O)nc(SCCCS(=O)(=O)O)n2)ccc1SOOO. The highest BCUT2D eigenvalue weighted by atomic mass is 35.5. The molecule has 0 saturated carbocycles. The molecule has 56 heavy (non-hydrogen) atoms. The summed E-state index contributed by atoms with van der Waals surface area (Å²) in [6, 6.07) is 5.75. The fraction of sp³-hybridized carbons (Fsp3) is 0.240. The van der Waals surface area contributed by atoms with Crippen LogP contribution in [0.4, 0.5) is 23.0 Å². The number of hydrogen-bond donors (Lipinski definition) is 7. The number of nitrogens with zero attached hydrogens (tertiary/aromatic N) is 7. The molecule has 0 aliphatic carbocycles. The predicted octanol–water partition coefficient (Wildman–Crippen LogP) is 5.34. The van der Waals surface area contributed by atoms with Crippen molar-refractivity contribution in [1.82, 2.24) is 24.7 Å². The van der Waals surface area contributed by atoms with Gasteiger partial charge in [0.15, 0.2) is 16.0 Å². The second kappa shape index (κ2) is 19.3. The molecule has 4 aromatic rings. The molecule has 0 aliphatic heterocycles. The Balaban J connectivity index is 1.70. The van der Waals surface area contributed by atoms with Crippen molar-refractivity contribution in [2.75, 3.05) is 28.3 Å². The first-order valence-corrected chi connectivity index (χ1v) is 22.7. The van der Waals surface area contributed by atoms with Crippen LogP contribution in [-0.2, 0) is 39.7 Å². The first kappa shape index (κ1) is 45.3. The third-order valence-electron chi connectivity index (χ3n) is 6.32. The maximum absolute atomic E-state index is 12.1. The van der Waals surface area contributed by atoms with E-state index in [9.17, 15) is 44.8 Å². The number of carboxylic acids is 1. The van der Waals surface area contributed by atoms with Gasteiger partial charge >= 0.3 is 5.97 Å². The molecule has 0 radical (unpaired) electrons. The van der Waals surface area contributed by atoms with Crippen molar-refractivity contribution in [1.29, 1.82) is 0 Å². The number of aromatic carboxylic acids is 1. The topological polar surface area (TPSA) is 353 Å². The van der Waals surface area contributed by atoms with Gasteiger partial charge in [-0.1, -0.05) is 51.8 Å². The number of thioether (sulfide) groups is 2. The maximum Gasteiger partial charge on any atom is 0.358 e. The largest absolute Gasteiger partial charge is 0.492 e. The summed E-state index contributed by atoms with van der Waals surface area (Å²) in [7, 11) is -13.2. The van der Waals surface area contributed by atoms with Crippen LogP contribution in [0.25, 0.3) is 5.69 Å². The Labute approximate surface area is 338 Å². The summed E-state index contributed by atoms with van der Waals surface area (Å²) in [5.74, 6) is -3.42. The van der Waals surface area contributed by atoms with E-state index in [0.717, 1.165) is 35.7 Å². The van der Waals surface area contributed by atoms with Gasteiger partial charge in [0.05, 0.1) is 44.2 Å². The molecule has 0 saturated heterocycles. The summed E-state index contributed by atoms with van der Waals surface area (Å²) < 4.78 is 100. The number of benzene rings is 2. The van der Waals surface area contributed by atoms with E-state index in [4.69, 9.17) is 37.6 Å². The summed E-state index contributed by atoms with van der Waals surface area (Å²) in [5.41, 5.74) is -1.81. The van der Waals surface area contributed by atoms with Crippen molar-refractivity contribution < 1.29 is 68.5 Å². The number of nitrogens with one attached hydrogen (secondary N) is 1. The number of hydrogen-bond acceptors (Lipinski definition) is 21. The van der Waals surface area contributed by atoms with Gasteiger partial charge in [0, 0.05) is 17.2 Å². The molecule has 0 spiro atoms. The van der Waals surface area contributed by atoms with E-state index in [-0.39, 0.29) is 62.6 Å². The number of azo groups is 1. The van der Waals surface area contributed by atoms with Crippen LogP contribution in [-0.4, -0.2) is 108 Å². The van der Waals surface area contributed by atoms with Gasteiger partial charge in [-0.15, -0.1) is 14.6 Å². The average Bonchev–Trinajstić information content (AvgIpc) is 3.42. The van der Waals surface area contributed by atoms with Crippen molar-refractivity contribution in [2.24, 2.45) is 10.2 Å². The van der Waals surface area contributed by atoms with E-state index in [1.54, 1.807) is 0 Å². The molecule has 0 atom stereocenters. The molecule has 7 N–H and O–H groups in total. The molecule has 2 aromatic heterocycles. The monoisotopic (exact) mass is 938 g/mol. The molecule has 23 nitrogen and oxygen atoms in total. The van der Waals surface area contributed by atoms with Crippen LogP contribution in [0, 0.1) is 0 Å². The van der Waals surface area contributed by atoms with Gasteiger partial charge in [-0.05, 0) is 43.2 Å². The second-order valence-corrected chi connectivity index (χ2v) is 18.6. The Kier molecular flexibility index (Phi) is 15.6. The molecule has 31 heteroatoms. The van der Waals surface area contributed by atoms with Crippen LogP contribution in [0.1, 0.15) is 23.3 Å². The van der Waals surface area contributed by atoms with Crippen molar-refractivity contribution in [2.45, 2.75) is 32.9 Å². The quantitative estimate of drug-likeness (QED) is 0.0112. The van der Waals surface area contributed by atoms with E-state index in [2.05, 4.69) is 45.0 Å². The lowest BCUT2D eigenvalue weighted by atomic mass is 10.3. The molecular formula is C25H24Cl2N8O15S6. The lowest BCUT2D eigenvalue weighted by molar-refractivity contribution is -0.432. The number of carboxylic acid groups (broad SMARTS) is 1. The Bertz CT molecular complexity index is 2420. The zero-order chi connectivity index (χ0) is 41.4. The molecule has 304 valence electrons. The van der Waals surface area contributed by atoms with Crippen molar-refractivity contribution in [3.05, 3.63) is 46.1 Å². The first-order chi connectivity index (χ1) is 26.1. The van der Waals surface area contributed by atoms with Gasteiger partial charge in [0.25, 0.3) is 30.4 Å². The molecule has 4 rings (SSSR count). The summed E-state index contributed by atoms with van der Waals surface area (Å²) in [6.07, 6.45) is 0.0854. The molecule has 0 unspecified atom stereocenters. The van der Waals surface area contributed by atoms with E-state index < -0.39 is 80.0 Å². The standard InChI is InChI=1S/C25H24Cl2N8O15S6/c26-13-11-18(56(46,47)48)14(27)10-16(13)35-21(36)19(20(34-35)22(37)38)33-32-15-9-12(3-4-17(15)53-50-49-39)28-23-29-24(51-5-1-7-54(40,41)42)31-25(30-23)52-6-2-8-55(43,44)45/h3-4,9-11,36,39H,1-2,5-8H2,(H,37,38)(H,40,41,42)(H,43,44,45)(H,46,47,48)(H,28,29,30,31)/b33-32+. The molecular weight excluding hydrogens is 916 g/mol. The van der Waals surface area contributed by atoms with Crippen LogP contribution in [0.5, 0.6) is 5.88 Å². The number of rotatable bonds is 20. The van der Waals surface area contributed by atoms with E-state index in [0.29, 0.717) is 16.7 Å². The smallest absolute Gasteiger partial charge is 0.358 e. The second-order valence-electron chi connectivity index (χ2n) is 10.4. The van der Waals surface area contributed by atoms with Crippen molar-refractivity contribution >= 4 is 118 Å². The third kappa shape index (κ3) is 13.3. The zero-order valence-electron chi connectivity index (χ0n) is 27.3. The highest BCUT2D eigenvalue weighted by molar-refractivity contribution is 7.99. The van der Waals surface area contributed by atoms with Crippen LogP contribution < -0.4 is 5.32 Å². The average molecular weight is 940 g/mol. The number of aromatic hydroxyl groups is 1. The number of halogens is 2. The van der Waals surface area contributed by atoms with E-state index in [1.165, 1.54) is 18.2 Å². The van der Waals surface area contributed by atoms with Crippen LogP contribution in [0.2, 0.25) is 10.0 Å². The Morgan fingerprint density at radius 1 is 0.875 bits per heavy atom. The van der Waals surface area contributed by atoms with Gasteiger partial charge in [-0.3, -0.25) is 13.7 Å². The van der Waals surface area contributed by atoms with Gasteiger partial charge in [-0.25, -0.2) is 10.1 Å². The van der Waals surface area contributed by atoms with Crippen LogP contribution in [0.3, 0.4) is 0 Å². The molecule has 2 aromatic carbocycles. The number of aromatic nitrogens is 5. The fourth-order valence-electron chi connectivity index (χ4n) is 4.04. The summed E-state index contributed by atoms with van der Waals surface area (Å²) in [6.45, 7) is 0. The number of anilines is 2. The molecule has 0 amide bonds. The minimum atomic E-state index is -4.82. The summed E-state index contributed by atoms with van der Waals surface area (Å²) >= 11 is 14.6. The molecule has 2 heterocycles. The van der Waals surface area contributed by atoms with Crippen LogP contribution in [0.15, 0.2) is 60.7 Å². The molecule has 0 aliphatic rings. The van der Waals surface area contributed by atoms with Gasteiger partial charge in [-0.2, -0.15) is 50.0 Å². The maximum atomic E-state index is 12.1. The zero-order valence-corrected chi connectivity index (χ0v) is 33.7. The molecule has 0 bridgehead atoms. The fourth-order valence-corrected chi connectivity index (χ4v) is 8.78. The Hall–Kier alpha value is -3.43. The first-order valence-electron chi connectivity index (χ1n) is 14.6. The summed E-state index contributed by atoms with van der Waals surface area (Å²) in [4.78, 5) is 24.3. The van der Waals surface area contributed by atoms with E-state index in [1.807, 2.05) is 0 Å². The highest BCUT2D eigenvalue weighted by Gasteiger charge is 2.27. The third-order valence-corrected chi connectivity index (χ3v) is 12.1.